The van der Waals surface area contributed by atoms with Crippen LogP contribution in [-0.4, -0.2) is 34.2 Å². The number of ether oxygens (including phenoxy) is 2. The summed E-state index contributed by atoms with van der Waals surface area (Å²) in [4.78, 5) is 11.5. The maximum atomic E-state index is 11.8. The summed E-state index contributed by atoms with van der Waals surface area (Å²) in [6.45, 7) is 2.60. The second kappa shape index (κ2) is 7.61. The molecule has 0 spiro atoms. The molecule has 0 aliphatic heterocycles. The molecule has 0 N–H and O–H groups in total. The predicted molar refractivity (Wildman–Crippen MR) is 79.0 cm³/mol. The lowest BCUT2D eigenvalue weighted by Crippen LogP contribution is -2.12. The lowest BCUT2D eigenvalue weighted by atomic mass is 10.2. The first-order valence-electron chi connectivity index (χ1n) is 5.46. The molecule has 0 saturated carbocycles. The van der Waals surface area contributed by atoms with Crippen molar-refractivity contribution >= 4 is 53.2 Å². The molecule has 1 rings (SSSR count). The van der Waals surface area contributed by atoms with Crippen LogP contribution < -0.4 is 0 Å². The van der Waals surface area contributed by atoms with E-state index in [4.69, 9.17) is 31.8 Å². The highest BCUT2D eigenvalue weighted by Gasteiger charge is 2.22. The fourth-order valence-corrected chi connectivity index (χ4v) is 3.48. The van der Waals surface area contributed by atoms with Gasteiger partial charge in [-0.15, -0.1) is 0 Å². The molecule has 0 amide bonds. The van der Waals surface area contributed by atoms with Crippen molar-refractivity contribution in [1.82, 2.24) is 0 Å². The van der Waals surface area contributed by atoms with E-state index < -0.39 is 15.0 Å². The third kappa shape index (κ3) is 4.89. The molecule has 0 aliphatic carbocycles. The first kappa shape index (κ1) is 17.7. The zero-order valence-electron chi connectivity index (χ0n) is 10.4. The van der Waals surface area contributed by atoms with Gasteiger partial charge in [-0.05, 0) is 19.1 Å². The number of hydrogen-bond donors (Lipinski definition) is 0. The summed E-state index contributed by atoms with van der Waals surface area (Å²) in [6, 6.07) is 2.57. The van der Waals surface area contributed by atoms with E-state index in [1.165, 1.54) is 12.1 Å². The average Bonchev–Trinajstić information content (AvgIpc) is 2.35. The molecule has 0 unspecified atom stereocenters. The van der Waals surface area contributed by atoms with Gasteiger partial charge in [0.25, 0.3) is 9.05 Å². The minimum atomic E-state index is -4.06. The number of rotatable bonds is 6. The van der Waals surface area contributed by atoms with Crippen LogP contribution >= 0.6 is 38.2 Å². The SMILES string of the molecule is CCOCCOC(=O)c1cc(Br)cc(S(=O)(=O)Cl)c1Cl. The van der Waals surface area contributed by atoms with Gasteiger partial charge >= 0.3 is 5.97 Å². The number of carbonyl (C=O) groups is 1. The predicted octanol–water partition coefficient (Wildman–Crippen LogP) is 3.22. The van der Waals surface area contributed by atoms with Gasteiger partial charge in [0.15, 0.2) is 0 Å². The zero-order valence-corrected chi connectivity index (χ0v) is 14.3. The van der Waals surface area contributed by atoms with Gasteiger partial charge < -0.3 is 9.47 Å². The van der Waals surface area contributed by atoms with Gasteiger partial charge in [0, 0.05) is 21.8 Å². The highest BCUT2D eigenvalue weighted by Crippen LogP contribution is 2.32. The first-order chi connectivity index (χ1) is 9.27. The molecule has 1 aromatic carbocycles. The van der Waals surface area contributed by atoms with Crippen LogP contribution in [0.3, 0.4) is 0 Å². The molecule has 0 radical (unpaired) electrons. The van der Waals surface area contributed by atoms with Crippen molar-refractivity contribution in [2.75, 3.05) is 19.8 Å². The lowest BCUT2D eigenvalue weighted by Gasteiger charge is -2.09. The maximum absolute atomic E-state index is 11.8. The van der Waals surface area contributed by atoms with E-state index in [0.29, 0.717) is 11.1 Å². The Hall–Kier alpha value is -0.340. The number of benzene rings is 1. The second-order valence-corrected chi connectivity index (χ2v) is 7.36. The zero-order chi connectivity index (χ0) is 15.3. The van der Waals surface area contributed by atoms with Gasteiger partial charge in [-0.1, -0.05) is 27.5 Å². The van der Waals surface area contributed by atoms with Gasteiger partial charge in [0.2, 0.25) is 0 Å². The molecular weight excluding hydrogens is 395 g/mol. The summed E-state index contributed by atoms with van der Waals surface area (Å²) >= 11 is 8.97. The number of halogens is 3. The van der Waals surface area contributed by atoms with E-state index in [9.17, 15) is 13.2 Å². The lowest BCUT2D eigenvalue weighted by molar-refractivity contribution is 0.0335. The van der Waals surface area contributed by atoms with Crippen LogP contribution in [0.15, 0.2) is 21.5 Å². The summed E-state index contributed by atoms with van der Waals surface area (Å²) in [5.41, 5.74) is -0.0863. The van der Waals surface area contributed by atoms with E-state index in [2.05, 4.69) is 15.9 Å². The monoisotopic (exact) mass is 404 g/mol. The van der Waals surface area contributed by atoms with Crippen molar-refractivity contribution in [2.45, 2.75) is 11.8 Å². The van der Waals surface area contributed by atoms with Crippen LogP contribution in [-0.2, 0) is 18.5 Å². The van der Waals surface area contributed by atoms with E-state index in [0.717, 1.165) is 0 Å². The molecule has 0 bridgehead atoms. The van der Waals surface area contributed by atoms with Crippen molar-refractivity contribution in [1.29, 1.82) is 0 Å². The average molecular weight is 406 g/mol. The van der Waals surface area contributed by atoms with Crippen LogP contribution in [0.1, 0.15) is 17.3 Å². The molecule has 112 valence electrons. The van der Waals surface area contributed by atoms with Crippen LogP contribution in [0.4, 0.5) is 0 Å². The molecule has 5 nitrogen and oxygen atoms in total. The Kier molecular flexibility index (Phi) is 6.74. The summed E-state index contributed by atoms with van der Waals surface area (Å²) in [5, 5.41) is -0.274. The summed E-state index contributed by atoms with van der Waals surface area (Å²) in [7, 11) is 1.19. The van der Waals surface area contributed by atoms with Gasteiger partial charge in [0.05, 0.1) is 17.2 Å². The van der Waals surface area contributed by atoms with Crippen molar-refractivity contribution in [3.8, 4) is 0 Å². The number of hydrogen-bond acceptors (Lipinski definition) is 5. The van der Waals surface area contributed by atoms with Gasteiger partial charge in [-0.25, -0.2) is 13.2 Å². The van der Waals surface area contributed by atoms with Crippen molar-refractivity contribution in [3.05, 3.63) is 27.2 Å². The molecule has 1 aromatic rings. The van der Waals surface area contributed by atoms with Crippen LogP contribution in [0.25, 0.3) is 0 Å². The molecular formula is C11H11BrCl2O5S. The van der Waals surface area contributed by atoms with E-state index in [1.54, 1.807) is 0 Å². The summed E-state index contributed by atoms with van der Waals surface area (Å²) in [5.74, 6) is -0.752. The minimum absolute atomic E-state index is 0.0402. The minimum Gasteiger partial charge on any atom is -0.460 e. The molecule has 0 aromatic heterocycles. The summed E-state index contributed by atoms with van der Waals surface area (Å²) < 4.78 is 33.0. The topological polar surface area (TPSA) is 69.7 Å². The van der Waals surface area contributed by atoms with Gasteiger partial charge in [0.1, 0.15) is 11.5 Å². The molecule has 0 heterocycles. The fraction of sp³-hybridized carbons (Fsp3) is 0.364. The number of esters is 1. The maximum Gasteiger partial charge on any atom is 0.339 e. The Morgan fingerprint density at radius 3 is 2.55 bits per heavy atom. The second-order valence-electron chi connectivity index (χ2n) is 3.54. The van der Waals surface area contributed by atoms with Crippen molar-refractivity contribution in [2.24, 2.45) is 0 Å². The van der Waals surface area contributed by atoms with Crippen LogP contribution in [0.2, 0.25) is 5.02 Å². The number of carbonyl (C=O) groups excluding carboxylic acids is 1. The third-order valence-electron chi connectivity index (χ3n) is 2.15. The Labute approximate surface area is 134 Å². The standard InChI is InChI=1S/C11H11BrCl2O5S/c1-2-18-3-4-19-11(15)8-5-7(12)6-9(10(8)13)20(14,16)17/h5-6H,2-4H2,1H3. The first-order valence-corrected chi connectivity index (χ1v) is 8.94. The van der Waals surface area contributed by atoms with Crippen molar-refractivity contribution in [3.63, 3.8) is 0 Å². The molecule has 0 atom stereocenters. The third-order valence-corrected chi connectivity index (χ3v) is 4.47. The molecule has 20 heavy (non-hydrogen) atoms. The normalized spacial score (nSPS) is 11.4. The van der Waals surface area contributed by atoms with Crippen LogP contribution in [0, 0.1) is 0 Å². The van der Waals surface area contributed by atoms with E-state index >= 15 is 0 Å². The Bertz CT molecular complexity index is 603. The van der Waals surface area contributed by atoms with Gasteiger partial charge in [-0.2, -0.15) is 0 Å². The van der Waals surface area contributed by atoms with Crippen LogP contribution in [0.5, 0.6) is 0 Å². The Morgan fingerprint density at radius 1 is 1.35 bits per heavy atom. The molecule has 0 saturated heterocycles. The van der Waals surface area contributed by atoms with E-state index in [1.807, 2.05) is 6.92 Å². The van der Waals surface area contributed by atoms with Gasteiger partial charge in [-0.3, -0.25) is 0 Å². The van der Waals surface area contributed by atoms with E-state index in [-0.39, 0.29) is 28.7 Å². The quantitative estimate of drug-likeness (QED) is 0.412. The van der Waals surface area contributed by atoms with Crippen molar-refractivity contribution < 1.29 is 22.7 Å². The summed E-state index contributed by atoms with van der Waals surface area (Å²) in [6.07, 6.45) is 0. The smallest absolute Gasteiger partial charge is 0.339 e. The molecule has 0 fully saturated rings. The largest absolute Gasteiger partial charge is 0.460 e. The molecule has 9 heteroatoms. The Balaban J connectivity index is 3.01. The Morgan fingerprint density at radius 2 is 2.00 bits per heavy atom. The molecule has 0 aliphatic rings. The fourth-order valence-electron chi connectivity index (χ4n) is 1.31. The highest BCUT2D eigenvalue weighted by molar-refractivity contribution is 9.10. The highest BCUT2D eigenvalue weighted by atomic mass is 79.9.